The molecule has 35 heavy (non-hydrogen) atoms. The van der Waals surface area contributed by atoms with Gasteiger partial charge in [0.25, 0.3) is 0 Å². The monoisotopic (exact) mass is 468 g/mol. The zero-order chi connectivity index (χ0) is 24.7. The quantitative estimate of drug-likeness (QED) is 0.392. The fourth-order valence-corrected chi connectivity index (χ4v) is 5.26. The van der Waals surface area contributed by atoms with E-state index < -0.39 is 0 Å². The molecule has 6 heteroatoms. The van der Waals surface area contributed by atoms with Crippen molar-refractivity contribution in [2.75, 3.05) is 37.6 Å². The van der Waals surface area contributed by atoms with Crippen LogP contribution in [0.2, 0.25) is 0 Å². The van der Waals surface area contributed by atoms with E-state index in [1.165, 1.54) is 12.2 Å². The lowest BCUT2D eigenvalue weighted by atomic mass is 10.1. The molecule has 1 aliphatic rings. The van der Waals surface area contributed by atoms with E-state index in [4.69, 9.17) is 9.97 Å². The van der Waals surface area contributed by atoms with Crippen LogP contribution in [0.5, 0.6) is 0 Å². The van der Waals surface area contributed by atoms with Gasteiger partial charge >= 0.3 is 0 Å². The molecule has 0 N–H and O–H groups in total. The summed E-state index contributed by atoms with van der Waals surface area (Å²) in [5.41, 5.74) is 9.51. The Morgan fingerprint density at radius 3 is 2.09 bits per heavy atom. The van der Waals surface area contributed by atoms with Crippen molar-refractivity contribution in [3.63, 3.8) is 0 Å². The second-order valence-corrected chi connectivity index (χ2v) is 10.3. The van der Waals surface area contributed by atoms with Crippen molar-refractivity contribution in [1.29, 1.82) is 0 Å². The first-order valence-electron chi connectivity index (χ1n) is 12.7. The van der Waals surface area contributed by atoms with Crippen LogP contribution in [0.3, 0.4) is 0 Å². The number of nitrogens with zero attached hydrogens (tertiary/aromatic N) is 6. The van der Waals surface area contributed by atoms with Crippen molar-refractivity contribution in [1.82, 2.24) is 24.4 Å². The molecule has 5 rings (SSSR count). The van der Waals surface area contributed by atoms with E-state index in [-0.39, 0.29) is 0 Å². The predicted octanol–water partition coefficient (Wildman–Crippen LogP) is 5.40. The summed E-state index contributed by atoms with van der Waals surface area (Å²) in [6.45, 7) is 16.3. The van der Waals surface area contributed by atoms with Gasteiger partial charge in [0.15, 0.2) is 0 Å². The van der Waals surface area contributed by atoms with Gasteiger partial charge in [0, 0.05) is 68.0 Å². The van der Waals surface area contributed by atoms with Crippen LogP contribution in [0.4, 0.5) is 5.69 Å². The lowest BCUT2D eigenvalue weighted by Crippen LogP contribution is -2.47. The molecule has 0 saturated carbocycles. The van der Waals surface area contributed by atoms with Crippen LogP contribution in [-0.4, -0.2) is 57.1 Å². The molecule has 1 aromatic carbocycles. The van der Waals surface area contributed by atoms with Gasteiger partial charge in [-0.15, -0.1) is 0 Å². The molecule has 0 radical (unpaired) electrons. The van der Waals surface area contributed by atoms with Gasteiger partial charge in [0.05, 0.1) is 16.9 Å². The topological polar surface area (TPSA) is 50.1 Å². The van der Waals surface area contributed by atoms with E-state index >= 15 is 0 Å². The third-order valence-electron chi connectivity index (χ3n) is 6.91. The third-order valence-corrected chi connectivity index (χ3v) is 6.91. The van der Waals surface area contributed by atoms with Crippen LogP contribution in [-0.2, 0) is 7.05 Å². The van der Waals surface area contributed by atoms with Crippen LogP contribution >= 0.6 is 0 Å². The van der Waals surface area contributed by atoms with Gasteiger partial charge in [-0.1, -0.05) is 26.0 Å². The normalized spacial score (nSPS) is 14.9. The number of imidazole rings is 1. The second kappa shape index (κ2) is 9.42. The summed E-state index contributed by atoms with van der Waals surface area (Å²) in [5, 5.41) is 0. The summed E-state index contributed by atoms with van der Waals surface area (Å²) in [7, 11) is 2.08. The Hall–Kier alpha value is -3.25. The van der Waals surface area contributed by atoms with Crippen LogP contribution in [0, 0.1) is 26.7 Å². The predicted molar refractivity (Wildman–Crippen MR) is 145 cm³/mol. The minimum Gasteiger partial charge on any atom is -0.369 e. The molecule has 1 saturated heterocycles. The Balaban J connectivity index is 1.41. The van der Waals surface area contributed by atoms with Crippen LogP contribution in [0.25, 0.3) is 33.7 Å². The standard InChI is InChI=1S/C29H36N6/c1-19(2)18-34-11-13-35(14-12-34)25-9-7-23(8-10-25)26-17-27-28(22(5)31-26)32-29(33(27)6)24-15-20(3)30-21(4)16-24/h7-10,15-17,19H,11-14,18H2,1-6H3. The smallest absolute Gasteiger partial charge is 0.141 e. The number of anilines is 1. The minimum atomic E-state index is 0.725. The van der Waals surface area contributed by atoms with Crippen LogP contribution in [0.1, 0.15) is 30.9 Å². The molecule has 0 aliphatic carbocycles. The van der Waals surface area contributed by atoms with Gasteiger partial charge in [-0.05, 0) is 57.0 Å². The average molecular weight is 469 g/mol. The molecule has 4 aromatic rings. The largest absolute Gasteiger partial charge is 0.369 e. The molecule has 3 aromatic heterocycles. The number of aromatic nitrogens is 4. The van der Waals surface area contributed by atoms with E-state index in [9.17, 15) is 0 Å². The molecule has 6 nitrogen and oxygen atoms in total. The van der Waals surface area contributed by atoms with Gasteiger partial charge in [-0.2, -0.15) is 0 Å². The van der Waals surface area contributed by atoms with Crippen molar-refractivity contribution in [3.8, 4) is 22.6 Å². The number of aryl methyl sites for hydroxylation is 4. The second-order valence-electron chi connectivity index (χ2n) is 10.3. The number of hydrogen-bond acceptors (Lipinski definition) is 5. The molecule has 0 bridgehead atoms. The van der Waals surface area contributed by atoms with E-state index in [1.54, 1.807) is 0 Å². The highest BCUT2D eigenvalue weighted by Gasteiger charge is 2.19. The Bertz CT molecular complexity index is 1320. The highest BCUT2D eigenvalue weighted by molar-refractivity contribution is 5.86. The molecule has 1 aliphatic heterocycles. The van der Waals surface area contributed by atoms with Gasteiger partial charge in [-0.3, -0.25) is 14.9 Å². The molecule has 1 fully saturated rings. The average Bonchev–Trinajstić information content (AvgIpc) is 3.16. The van der Waals surface area contributed by atoms with Gasteiger partial charge in [0.2, 0.25) is 0 Å². The number of hydrogen-bond donors (Lipinski definition) is 0. The summed E-state index contributed by atoms with van der Waals surface area (Å²) < 4.78 is 2.17. The fourth-order valence-electron chi connectivity index (χ4n) is 5.26. The third kappa shape index (κ3) is 4.80. The van der Waals surface area contributed by atoms with E-state index in [0.29, 0.717) is 0 Å². The van der Waals surface area contributed by atoms with Crippen molar-refractivity contribution in [2.24, 2.45) is 13.0 Å². The first-order chi connectivity index (χ1) is 16.8. The molecule has 0 spiro atoms. The van der Waals surface area contributed by atoms with Crippen LogP contribution in [0.15, 0.2) is 42.5 Å². The van der Waals surface area contributed by atoms with Crippen LogP contribution < -0.4 is 4.90 Å². The zero-order valence-electron chi connectivity index (χ0n) is 21.8. The first-order valence-corrected chi connectivity index (χ1v) is 12.7. The molecular weight excluding hydrogens is 432 g/mol. The van der Waals surface area contributed by atoms with Gasteiger partial charge in [-0.25, -0.2) is 4.98 Å². The summed E-state index contributed by atoms with van der Waals surface area (Å²) in [4.78, 5) is 19.5. The SMILES string of the molecule is Cc1cc(-c2nc3c(C)nc(-c4ccc(N5CCN(CC(C)C)CC5)cc4)cc3n2C)cc(C)n1. The number of piperazine rings is 1. The van der Waals surface area contributed by atoms with E-state index in [2.05, 4.69) is 89.6 Å². The fraction of sp³-hybridized carbons (Fsp3) is 0.414. The van der Waals surface area contributed by atoms with Crippen molar-refractivity contribution in [2.45, 2.75) is 34.6 Å². The number of pyridine rings is 2. The Morgan fingerprint density at radius 2 is 1.46 bits per heavy atom. The maximum atomic E-state index is 4.96. The van der Waals surface area contributed by atoms with Gasteiger partial charge < -0.3 is 9.47 Å². The zero-order valence-corrected chi connectivity index (χ0v) is 21.8. The van der Waals surface area contributed by atoms with E-state index in [0.717, 1.165) is 82.9 Å². The maximum absolute atomic E-state index is 4.96. The summed E-state index contributed by atoms with van der Waals surface area (Å²) in [6.07, 6.45) is 0. The number of fused-ring (bicyclic) bond motifs is 1. The minimum absolute atomic E-state index is 0.725. The molecular formula is C29H36N6. The highest BCUT2D eigenvalue weighted by Crippen LogP contribution is 2.30. The molecule has 182 valence electrons. The molecule has 4 heterocycles. The molecule has 0 unspecified atom stereocenters. The lowest BCUT2D eigenvalue weighted by molar-refractivity contribution is 0.231. The number of rotatable bonds is 5. The Morgan fingerprint density at radius 1 is 0.800 bits per heavy atom. The summed E-state index contributed by atoms with van der Waals surface area (Å²) >= 11 is 0. The van der Waals surface area contributed by atoms with Crippen molar-refractivity contribution in [3.05, 3.63) is 59.5 Å². The van der Waals surface area contributed by atoms with Gasteiger partial charge in [0.1, 0.15) is 11.3 Å². The first kappa shape index (κ1) is 23.5. The van der Waals surface area contributed by atoms with Crippen molar-refractivity contribution < 1.29 is 0 Å². The molecule has 0 amide bonds. The Labute approximate surface area is 208 Å². The Kier molecular flexibility index (Phi) is 6.32. The maximum Gasteiger partial charge on any atom is 0.141 e. The highest BCUT2D eigenvalue weighted by atomic mass is 15.3. The van der Waals surface area contributed by atoms with E-state index in [1.807, 2.05) is 13.8 Å². The summed E-state index contributed by atoms with van der Waals surface area (Å²) in [5.74, 6) is 1.67. The van der Waals surface area contributed by atoms with Crippen molar-refractivity contribution >= 4 is 16.7 Å². The summed E-state index contributed by atoms with van der Waals surface area (Å²) in [6, 6.07) is 15.3. The number of benzene rings is 1. The molecule has 0 atom stereocenters. The lowest BCUT2D eigenvalue weighted by Gasteiger charge is -2.36.